The van der Waals surface area contributed by atoms with E-state index in [0.29, 0.717) is 6.61 Å². The molecule has 0 spiro atoms. The van der Waals surface area contributed by atoms with Crippen molar-refractivity contribution in [3.8, 4) is 5.75 Å². The zero-order valence-electron chi connectivity index (χ0n) is 10.7. The third kappa shape index (κ3) is 4.89. The van der Waals surface area contributed by atoms with Crippen molar-refractivity contribution in [3.63, 3.8) is 0 Å². The van der Waals surface area contributed by atoms with Gasteiger partial charge in [-0.2, -0.15) is 0 Å². The Morgan fingerprint density at radius 3 is 2.47 bits per heavy atom. The molecule has 0 aliphatic rings. The molecule has 1 N–H and O–H groups in total. The molecule has 102 valence electrons. The molecular weight excluding hydrogens is 265 g/mol. The molecule has 0 heterocycles. The lowest BCUT2D eigenvalue weighted by molar-refractivity contribution is -0.00000472. The lowest BCUT2D eigenvalue weighted by Gasteiger charge is -2.08. The molecule has 0 aliphatic heterocycles. The van der Waals surface area contributed by atoms with Gasteiger partial charge in [-0.3, -0.25) is 0 Å². The van der Waals surface area contributed by atoms with E-state index in [-0.39, 0.29) is 18.2 Å². The SMILES string of the molecule is CNCc1cccc(OCc2ccc(F)cc2)c1.[Cl-]. The third-order valence-corrected chi connectivity index (χ3v) is 2.60. The fraction of sp³-hybridized carbons (Fsp3) is 0.200. The maximum atomic E-state index is 12.7. The van der Waals surface area contributed by atoms with Crippen molar-refractivity contribution in [1.82, 2.24) is 5.32 Å². The van der Waals surface area contributed by atoms with Crippen molar-refractivity contribution in [2.24, 2.45) is 0 Å². The van der Waals surface area contributed by atoms with E-state index < -0.39 is 0 Å². The van der Waals surface area contributed by atoms with Crippen molar-refractivity contribution in [3.05, 3.63) is 65.5 Å². The summed E-state index contributed by atoms with van der Waals surface area (Å²) in [5.74, 6) is 0.599. The summed E-state index contributed by atoms with van der Waals surface area (Å²) < 4.78 is 18.4. The van der Waals surface area contributed by atoms with Gasteiger partial charge < -0.3 is 22.5 Å². The van der Waals surface area contributed by atoms with Crippen LogP contribution in [0.25, 0.3) is 0 Å². The summed E-state index contributed by atoms with van der Waals surface area (Å²) in [5, 5.41) is 3.09. The fourth-order valence-electron chi connectivity index (χ4n) is 1.70. The summed E-state index contributed by atoms with van der Waals surface area (Å²) in [4.78, 5) is 0. The average Bonchev–Trinajstić information content (AvgIpc) is 2.39. The zero-order chi connectivity index (χ0) is 12.8. The highest BCUT2D eigenvalue weighted by Gasteiger charge is 1.98. The van der Waals surface area contributed by atoms with E-state index in [0.717, 1.165) is 17.9 Å². The normalized spacial score (nSPS) is 9.79. The van der Waals surface area contributed by atoms with Crippen LogP contribution < -0.4 is 22.5 Å². The molecular formula is C15H16ClFNO-. The summed E-state index contributed by atoms with van der Waals surface area (Å²) in [6.45, 7) is 1.26. The first-order chi connectivity index (χ1) is 8.78. The first kappa shape index (κ1) is 15.5. The van der Waals surface area contributed by atoms with E-state index >= 15 is 0 Å². The highest BCUT2D eigenvalue weighted by molar-refractivity contribution is 5.29. The Morgan fingerprint density at radius 2 is 1.79 bits per heavy atom. The van der Waals surface area contributed by atoms with E-state index in [9.17, 15) is 4.39 Å². The Labute approximate surface area is 119 Å². The maximum absolute atomic E-state index is 12.7. The van der Waals surface area contributed by atoms with E-state index in [1.165, 1.54) is 17.7 Å². The van der Waals surface area contributed by atoms with Gasteiger partial charge in [0.15, 0.2) is 0 Å². The van der Waals surface area contributed by atoms with Gasteiger partial charge in [0.05, 0.1) is 0 Å². The molecule has 0 amide bonds. The van der Waals surface area contributed by atoms with E-state index in [2.05, 4.69) is 5.32 Å². The van der Waals surface area contributed by atoms with Crippen LogP contribution in [0, 0.1) is 5.82 Å². The molecule has 0 aromatic heterocycles. The Hall–Kier alpha value is -1.58. The van der Waals surface area contributed by atoms with Crippen LogP contribution in [0.1, 0.15) is 11.1 Å². The molecule has 2 aromatic carbocycles. The average molecular weight is 281 g/mol. The molecule has 0 aliphatic carbocycles. The summed E-state index contributed by atoms with van der Waals surface area (Å²) in [7, 11) is 1.91. The van der Waals surface area contributed by atoms with Crippen LogP contribution in [0.5, 0.6) is 5.75 Å². The molecule has 2 aromatic rings. The molecule has 0 fully saturated rings. The van der Waals surface area contributed by atoms with Crippen LogP contribution in [-0.4, -0.2) is 7.05 Å². The minimum absolute atomic E-state index is 0. The van der Waals surface area contributed by atoms with Gasteiger partial charge in [-0.25, -0.2) is 4.39 Å². The van der Waals surface area contributed by atoms with Crippen LogP contribution in [0.15, 0.2) is 48.5 Å². The quantitative estimate of drug-likeness (QED) is 0.841. The number of benzene rings is 2. The predicted molar refractivity (Wildman–Crippen MR) is 69.9 cm³/mol. The van der Waals surface area contributed by atoms with Crippen LogP contribution in [-0.2, 0) is 13.2 Å². The van der Waals surface area contributed by atoms with Crippen molar-refractivity contribution < 1.29 is 21.5 Å². The summed E-state index contributed by atoms with van der Waals surface area (Å²) >= 11 is 0. The highest BCUT2D eigenvalue weighted by atomic mass is 35.5. The number of halogens is 2. The topological polar surface area (TPSA) is 21.3 Å². The Bertz CT molecular complexity index is 502. The standard InChI is InChI=1S/C15H16FNO.ClH/c1-17-10-13-3-2-4-15(9-13)18-11-12-5-7-14(16)8-6-12;/h2-9,17H,10-11H2,1H3;1H/p-1. The van der Waals surface area contributed by atoms with Crippen LogP contribution in [0.2, 0.25) is 0 Å². The summed E-state index contributed by atoms with van der Waals surface area (Å²) in [6.07, 6.45) is 0. The van der Waals surface area contributed by atoms with Gasteiger partial charge in [-0.15, -0.1) is 0 Å². The van der Waals surface area contributed by atoms with Crippen molar-refractivity contribution in [1.29, 1.82) is 0 Å². The Balaban J connectivity index is 0.00000180. The van der Waals surface area contributed by atoms with Gasteiger partial charge in [0, 0.05) is 6.54 Å². The number of hydrogen-bond donors (Lipinski definition) is 1. The summed E-state index contributed by atoms with van der Waals surface area (Å²) in [5.41, 5.74) is 2.13. The monoisotopic (exact) mass is 280 g/mol. The van der Waals surface area contributed by atoms with Gasteiger partial charge in [0.1, 0.15) is 18.2 Å². The molecule has 4 heteroatoms. The lowest BCUT2D eigenvalue weighted by atomic mass is 10.2. The molecule has 19 heavy (non-hydrogen) atoms. The molecule has 0 saturated heterocycles. The van der Waals surface area contributed by atoms with Crippen LogP contribution in [0.4, 0.5) is 4.39 Å². The van der Waals surface area contributed by atoms with Crippen molar-refractivity contribution >= 4 is 0 Å². The molecule has 2 rings (SSSR count). The predicted octanol–water partition coefficient (Wildman–Crippen LogP) is 0.128. The van der Waals surface area contributed by atoms with Crippen molar-refractivity contribution in [2.75, 3.05) is 7.05 Å². The van der Waals surface area contributed by atoms with Gasteiger partial charge in [0.25, 0.3) is 0 Å². The summed E-state index contributed by atoms with van der Waals surface area (Å²) in [6, 6.07) is 14.3. The molecule has 0 bridgehead atoms. The first-order valence-corrected chi connectivity index (χ1v) is 5.89. The second-order valence-corrected chi connectivity index (χ2v) is 4.09. The van der Waals surface area contributed by atoms with Crippen LogP contribution in [0.3, 0.4) is 0 Å². The number of ether oxygens (including phenoxy) is 1. The highest BCUT2D eigenvalue weighted by Crippen LogP contribution is 2.15. The van der Waals surface area contributed by atoms with Crippen LogP contribution >= 0.6 is 0 Å². The minimum atomic E-state index is -0.227. The molecule has 0 unspecified atom stereocenters. The smallest absolute Gasteiger partial charge is 0.123 e. The second-order valence-electron chi connectivity index (χ2n) is 4.09. The fourth-order valence-corrected chi connectivity index (χ4v) is 1.70. The largest absolute Gasteiger partial charge is 1.00 e. The number of nitrogens with one attached hydrogen (secondary N) is 1. The van der Waals surface area contributed by atoms with Crippen molar-refractivity contribution in [2.45, 2.75) is 13.2 Å². The molecule has 0 saturated carbocycles. The van der Waals surface area contributed by atoms with E-state index in [4.69, 9.17) is 4.74 Å². The lowest BCUT2D eigenvalue weighted by Crippen LogP contribution is -3.00. The van der Waals surface area contributed by atoms with E-state index in [1.54, 1.807) is 12.1 Å². The molecule has 0 atom stereocenters. The minimum Gasteiger partial charge on any atom is -1.00 e. The molecule has 0 radical (unpaired) electrons. The maximum Gasteiger partial charge on any atom is 0.123 e. The van der Waals surface area contributed by atoms with Gasteiger partial charge in [-0.1, -0.05) is 24.3 Å². The second kappa shape index (κ2) is 7.77. The Kier molecular flexibility index (Phi) is 6.33. The Morgan fingerprint density at radius 1 is 1.05 bits per heavy atom. The van der Waals surface area contributed by atoms with Gasteiger partial charge in [0.2, 0.25) is 0 Å². The first-order valence-electron chi connectivity index (χ1n) is 5.89. The van der Waals surface area contributed by atoms with Gasteiger partial charge in [-0.05, 0) is 42.4 Å². The zero-order valence-corrected chi connectivity index (χ0v) is 11.5. The number of hydrogen-bond acceptors (Lipinski definition) is 2. The molecule has 2 nitrogen and oxygen atoms in total. The van der Waals surface area contributed by atoms with E-state index in [1.807, 2.05) is 31.3 Å². The van der Waals surface area contributed by atoms with Gasteiger partial charge >= 0.3 is 0 Å². The third-order valence-electron chi connectivity index (χ3n) is 2.60. The number of rotatable bonds is 5.